The first kappa shape index (κ1) is 26.5. The molecule has 198 valence electrons. The van der Waals surface area contributed by atoms with E-state index in [4.69, 9.17) is 4.74 Å². The number of amides is 2. The van der Waals surface area contributed by atoms with Gasteiger partial charge in [-0.05, 0) is 43.3 Å². The van der Waals surface area contributed by atoms with Crippen molar-refractivity contribution in [3.05, 3.63) is 66.9 Å². The zero-order chi connectivity index (χ0) is 27.1. The van der Waals surface area contributed by atoms with Crippen LogP contribution in [0.3, 0.4) is 0 Å². The largest absolute Gasteiger partial charge is 0.494 e. The molecule has 3 N–H and O–H groups in total. The van der Waals surface area contributed by atoms with E-state index in [0.717, 1.165) is 35.7 Å². The van der Waals surface area contributed by atoms with Gasteiger partial charge >= 0.3 is 0 Å². The Bertz CT molecular complexity index is 1320. The molecule has 0 unspecified atom stereocenters. The maximum atomic E-state index is 12.0. The SMILES string of the molecule is C=CC(=O)Nc1cccc(Nc2nc(Nc3ccc(N4CCN(C(=O)CC)CC4)cc3OC)ncc2C)c1. The van der Waals surface area contributed by atoms with Crippen LogP contribution in [0.5, 0.6) is 5.75 Å². The molecule has 0 atom stereocenters. The second-order valence-corrected chi connectivity index (χ2v) is 8.86. The molecule has 1 aliphatic rings. The van der Waals surface area contributed by atoms with E-state index in [-0.39, 0.29) is 11.8 Å². The molecule has 10 nitrogen and oxygen atoms in total. The van der Waals surface area contributed by atoms with Crippen molar-refractivity contribution in [3.8, 4) is 5.75 Å². The summed E-state index contributed by atoms with van der Waals surface area (Å²) in [6.07, 6.45) is 3.49. The highest BCUT2D eigenvalue weighted by Crippen LogP contribution is 2.32. The standard InChI is InChI=1S/C28H33N7O3/c1-5-25(36)30-20-8-7-9-21(16-20)31-27-19(3)18-29-28(33-27)32-23-11-10-22(17-24(23)38-4)34-12-14-35(15-13-34)26(37)6-2/h5,7-11,16-18H,1,6,12-15H2,2-4H3,(H,30,36)(H2,29,31,32,33). The molecule has 4 rings (SSSR count). The van der Waals surface area contributed by atoms with Crippen LogP contribution in [0.25, 0.3) is 0 Å². The summed E-state index contributed by atoms with van der Waals surface area (Å²) in [7, 11) is 1.63. The number of rotatable bonds is 9. The van der Waals surface area contributed by atoms with Gasteiger partial charge in [-0.3, -0.25) is 9.59 Å². The van der Waals surface area contributed by atoms with E-state index in [0.29, 0.717) is 42.7 Å². The molecule has 2 aromatic carbocycles. The van der Waals surface area contributed by atoms with Gasteiger partial charge in [0.05, 0.1) is 12.8 Å². The number of methoxy groups -OCH3 is 1. The van der Waals surface area contributed by atoms with Crippen molar-refractivity contribution in [2.24, 2.45) is 0 Å². The maximum Gasteiger partial charge on any atom is 0.247 e. The summed E-state index contributed by atoms with van der Waals surface area (Å²) >= 11 is 0. The monoisotopic (exact) mass is 515 g/mol. The van der Waals surface area contributed by atoms with Gasteiger partial charge < -0.3 is 30.5 Å². The van der Waals surface area contributed by atoms with Crippen molar-refractivity contribution < 1.29 is 14.3 Å². The molecule has 2 amide bonds. The number of nitrogens with one attached hydrogen (secondary N) is 3. The quantitative estimate of drug-likeness (QED) is 0.358. The third-order valence-electron chi connectivity index (χ3n) is 6.28. The van der Waals surface area contributed by atoms with E-state index < -0.39 is 0 Å². The molecule has 38 heavy (non-hydrogen) atoms. The second kappa shape index (κ2) is 12.1. The van der Waals surface area contributed by atoms with Crippen LogP contribution in [0.2, 0.25) is 0 Å². The Balaban J connectivity index is 1.47. The highest BCUT2D eigenvalue weighted by molar-refractivity contribution is 5.99. The van der Waals surface area contributed by atoms with E-state index in [9.17, 15) is 9.59 Å². The maximum absolute atomic E-state index is 12.0. The summed E-state index contributed by atoms with van der Waals surface area (Å²) in [5.74, 6) is 1.62. The average Bonchev–Trinajstić information content (AvgIpc) is 2.94. The zero-order valence-corrected chi connectivity index (χ0v) is 22.0. The number of hydrogen-bond donors (Lipinski definition) is 3. The van der Waals surface area contributed by atoms with Crippen molar-refractivity contribution >= 4 is 46.3 Å². The molecule has 1 aromatic heterocycles. The number of piperazine rings is 1. The lowest BCUT2D eigenvalue weighted by atomic mass is 10.2. The predicted octanol–water partition coefficient (Wildman–Crippen LogP) is 4.46. The lowest BCUT2D eigenvalue weighted by Gasteiger charge is -2.36. The molecule has 0 spiro atoms. The molecular formula is C28H33N7O3. The van der Waals surface area contributed by atoms with Gasteiger partial charge in [-0.1, -0.05) is 19.6 Å². The van der Waals surface area contributed by atoms with Crippen LogP contribution < -0.4 is 25.6 Å². The number of aromatic nitrogens is 2. The van der Waals surface area contributed by atoms with E-state index in [1.807, 2.05) is 55.1 Å². The van der Waals surface area contributed by atoms with Crippen LogP contribution in [0.15, 0.2) is 61.3 Å². The molecule has 10 heteroatoms. The van der Waals surface area contributed by atoms with Gasteiger partial charge in [0, 0.05) is 67.5 Å². The number of benzene rings is 2. The van der Waals surface area contributed by atoms with Crippen LogP contribution in [0.1, 0.15) is 18.9 Å². The lowest BCUT2D eigenvalue weighted by molar-refractivity contribution is -0.131. The van der Waals surface area contributed by atoms with Crippen LogP contribution >= 0.6 is 0 Å². The smallest absolute Gasteiger partial charge is 0.247 e. The molecule has 2 heterocycles. The van der Waals surface area contributed by atoms with Crippen LogP contribution in [-0.2, 0) is 9.59 Å². The van der Waals surface area contributed by atoms with E-state index in [2.05, 4.69) is 37.4 Å². The fourth-order valence-corrected chi connectivity index (χ4v) is 4.17. The Hall–Kier alpha value is -4.60. The first-order valence-corrected chi connectivity index (χ1v) is 12.5. The predicted molar refractivity (Wildman–Crippen MR) is 151 cm³/mol. The van der Waals surface area contributed by atoms with Crippen LogP contribution in [0, 0.1) is 6.92 Å². The number of nitrogens with zero attached hydrogens (tertiary/aromatic N) is 4. The third kappa shape index (κ3) is 6.39. The minimum Gasteiger partial charge on any atom is -0.494 e. The fourth-order valence-electron chi connectivity index (χ4n) is 4.17. The zero-order valence-electron chi connectivity index (χ0n) is 22.0. The first-order valence-electron chi connectivity index (χ1n) is 12.5. The summed E-state index contributed by atoms with van der Waals surface area (Å²) in [5.41, 5.74) is 4.04. The first-order chi connectivity index (χ1) is 18.4. The summed E-state index contributed by atoms with van der Waals surface area (Å²) in [6.45, 7) is 10.3. The summed E-state index contributed by atoms with van der Waals surface area (Å²) in [6, 6.07) is 13.3. The minimum absolute atomic E-state index is 0.195. The summed E-state index contributed by atoms with van der Waals surface area (Å²) < 4.78 is 5.66. The molecule has 0 bridgehead atoms. The number of aryl methyl sites for hydroxylation is 1. The van der Waals surface area contributed by atoms with E-state index in [1.54, 1.807) is 19.4 Å². The third-order valence-corrected chi connectivity index (χ3v) is 6.28. The molecule has 1 aliphatic heterocycles. The highest BCUT2D eigenvalue weighted by atomic mass is 16.5. The molecule has 3 aromatic rings. The van der Waals surface area contributed by atoms with Gasteiger partial charge in [0.25, 0.3) is 0 Å². The molecular weight excluding hydrogens is 482 g/mol. The van der Waals surface area contributed by atoms with Gasteiger partial charge in [-0.2, -0.15) is 4.98 Å². The summed E-state index contributed by atoms with van der Waals surface area (Å²) in [4.78, 5) is 36.9. The molecule has 1 fully saturated rings. The van der Waals surface area contributed by atoms with Gasteiger partial charge in [0.2, 0.25) is 17.8 Å². The van der Waals surface area contributed by atoms with Crippen LogP contribution in [0.4, 0.5) is 34.5 Å². The topological polar surface area (TPSA) is 112 Å². The lowest BCUT2D eigenvalue weighted by Crippen LogP contribution is -2.48. The molecule has 0 aliphatic carbocycles. The fraction of sp³-hybridized carbons (Fsp3) is 0.286. The van der Waals surface area contributed by atoms with E-state index in [1.165, 1.54) is 6.08 Å². The molecule has 0 saturated carbocycles. The van der Waals surface area contributed by atoms with Gasteiger partial charge in [-0.15, -0.1) is 0 Å². The number of carbonyl (C=O) groups excluding carboxylic acids is 2. The number of ether oxygens (including phenoxy) is 1. The Morgan fingerprint density at radius 3 is 2.55 bits per heavy atom. The van der Waals surface area contributed by atoms with Crippen molar-refractivity contribution in [3.63, 3.8) is 0 Å². The van der Waals surface area contributed by atoms with Crippen molar-refractivity contribution in [2.75, 3.05) is 54.1 Å². The Morgan fingerprint density at radius 1 is 1.08 bits per heavy atom. The number of anilines is 6. The average molecular weight is 516 g/mol. The summed E-state index contributed by atoms with van der Waals surface area (Å²) in [5, 5.41) is 9.30. The van der Waals surface area contributed by atoms with Crippen molar-refractivity contribution in [1.29, 1.82) is 0 Å². The second-order valence-electron chi connectivity index (χ2n) is 8.86. The molecule has 1 saturated heterocycles. The molecule has 0 radical (unpaired) electrons. The van der Waals surface area contributed by atoms with Gasteiger partial charge in [0.15, 0.2) is 0 Å². The normalized spacial score (nSPS) is 13.0. The van der Waals surface area contributed by atoms with Gasteiger partial charge in [-0.25, -0.2) is 4.98 Å². The van der Waals surface area contributed by atoms with Crippen LogP contribution in [-0.4, -0.2) is 60.0 Å². The van der Waals surface area contributed by atoms with Crippen molar-refractivity contribution in [1.82, 2.24) is 14.9 Å². The Kier molecular flexibility index (Phi) is 8.42. The minimum atomic E-state index is -0.277. The van der Waals surface area contributed by atoms with Crippen molar-refractivity contribution in [2.45, 2.75) is 20.3 Å². The van der Waals surface area contributed by atoms with E-state index >= 15 is 0 Å². The van der Waals surface area contributed by atoms with Gasteiger partial charge in [0.1, 0.15) is 11.6 Å². The number of carbonyl (C=O) groups is 2. The Morgan fingerprint density at radius 2 is 1.84 bits per heavy atom. The Labute approximate surface area is 222 Å². The number of hydrogen-bond acceptors (Lipinski definition) is 8. The highest BCUT2D eigenvalue weighted by Gasteiger charge is 2.21.